The van der Waals surface area contributed by atoms with Crippen molar-refractivity contribution in [3.63, 3.8) is 0 Å². The molecule has 0 spiro atoms. The lowest BCUT2D eigenvalue weighted by molar-refractivity contribution is -0.149. The lowest BCUT2D eigenvalue weighted by Gasteiger charge is -2.37. The third kappa shape index (κ3) is 6.29. The van der Waals surface area contributed by atoms with E-state index in [2.05, 4.69) is 62.1 Å². The molecule has 4 rings (SSSR count). The maximum atomic E-state index is 12.0. The first-order valence-corrected chi connectivity index (χ1v) is 12.9. The highest BCUT2D eigenvalue weighted by Crippen LogP contribution is 2.39. The molecular formula is C29H41NO3. The van der Waals surface area contributed by atoms with Crippen LogP contribution in [0.1, 0.15) is 71.8 Å². The number of hydrogen-bond acceptors (Lipinski definition) is 4. The van der Waals surface area contributed by atoms with Crippen LogP contribution >= 0.6 is 0 Å². The fourth-order valence-electron chi connectivity index (χ4n) is 5.53. The zero-order chi connectivity index (χ0) is 23.4. The number of fused-ring (bicyclic) bond motifs is 1. The topological polar surface area (TPSA) is 38.8 Å². The van der Waals surface area contributed by atoms with E-state index in [0.29, 0.717) is 18.1 Å². The fourth-order valence-corrected chi connectivity index (χ4v) is 5.53. The number of likely N-dealkylation sites (tertiary alicyclic amines) is 1. The van der Waals surface area contributed by atoms with Crippen molar-refractivity contribution in [3.05, 3.63) is 42.0 Å². The molecule has 1 aliphatic carbocycles. The van der Waals surface area contributed by atoms with Gasteiger partial charge in [0.25, 0.3) is 0 Å². The summed E-state index contributed by atoms with van der Waals surface area (Å²) in [6.45, 7) is 12.3. The van der Waals surface area contributed by atoms with Crippen LogP contribution in [0.2, 0.25) is 0 Å². The second kappa shape index (κ2) is 10.5. The van der Waals surface area contributed by atoms with Gasteiger partial charge in [-0.05, 0) is 104 Å². The van der Waals surface area contributed by atoms with E-state index in [9.17, 15) is 4.79 Å². The lowest BCUT2D eigenvalue weighted by Crippen LogP contribution is -2.36. The molecule has 0 radical (unpaired) electrons. The highest BCUT2D eigenvalue weighted by Gasteiger charge is 2.30. The quantitative estimate of drug-likeness (QED) is 0.464. The van der Waals surface area contributed by atoms with Gasteiger partial charge in [0.2, 0.25) is 0 Å². The van der Waals surface area contributed by atoms with Gasteiger partial charge in [0.1, 0.15) is 5.75 Å². The molecular weight excluding hydrogens is 410 g/mol. The maximum absolute atomic E-state index is 12.0. The highest BCUT2D eigenvalue weighted by molar-refractivity contribution is 5.84. The Morgan fingerprint density at radius 2 is 1.61 bits per heavy atom. The number of piperidine rings is 1. The Labute approximate surface area is 199 Å². The molecule has 0 amide bonds. The molecule has 1 aliphatic heterocycles. The summed E-state index contributed by atoms with van der Waals surface area (Å²) in [5.74, 6) is 1.85. The van der Waals surface area contributed by atoms with Crippen molar-refractivity contribution in [2.24, 2.45) is 17.3 Å². The minimum absolute atomic E-state index is 0.0249. The molecule has 1 heterocycles. The number of ether oxygens (including phenoxy) is 2. The molecule has 2 aromatic carbocycles. The summed E-state index contributed by atoms with van der Waals surface area (Å²) in [5.41, 5.74) is 1.73. The molecule has 0 N–H and O–H groups in total. The molecule has 180 valence electrons. The molecule has 2 aromatic rings. The first-order chi connectivity index (χ1) is 15.8. The van der Waals surface area contributed by atoms with Gasteiger partial charge in [0, 0.05) is 6.54 Å². The van der Waals surface area contributed by atoms with E-state index in [0.717, 1.165) is 57.0 Å². The Bertz CT molecular complexity index is 932. The van der Waals surface area contributed by atoms with Crippen LogP contribution in [0, 0.1) is 17.3 Å². The summed E-state index contributed by atoms with van der Waals surface area (Å²) in [4.78, 5) is 14.4. The van der Waals surface area contributed by atoms with Crippen molar-refractivity contribution in [1.82, 2.24) is 4.90 Å². The Kier molecular flexibility index (Phi) is 7.63. The molecule has 4 heteroatoms. The van der Waals surface area contributed by atoms with Crippen molar-refractivity contribution >= 4 is 16.7 Å². The first-order valence-electron chi connectivity index (χ1n) is 12.9. The van der Waals surface area contributed by atoms with Gasteiger partial charge in [-0.25, -0.2) is 0 Å². The van der Waals surface area contributed by atoms with Crippen LogP contribution in [0.15, 0.2) is 36.4 Å². The third-order valence-electron chi connectivity index (χ3n) is 7.69. The normalized spacial score (nSPS) is 22.9. The predicted molar refractivity (Wildman–Crippen MR) is 134 cm³/mol. The SMILES string of the molecule is CCOC(=O)C1CCN(Cc2ccc3cc(O[C@H]4CC[C@H](C(C)(C)C)CC4)ccc3c2)CC1. The molecule has 0 atom stereocenters. The average molecular weight is 452 g/mol. The van der Waals surface area contributed by atoms with Gasteiger partial charge in [0.15, 0.2) is 0 Å². The Morgan fingerprint density at radius 3 is 2.27 bits per heavy atom. The van der Waals surface area contributed by atoms with E-state index in [4.69, 9.17) is 9.47 Å². The zero-order valence-electron chi connectivity index (χ0n) is 20.9. The Hall–Kier alpha value is -2.07. The van der Waals surface area contributed by atoms with Crippen LogP contribution < -0.4 is 4.74 Å². The van der Waals surface area contributed by atoms with E-state index < -0.39 is 0 Å². The smallest absolute Gasteiger partial charge is 0.309 e. The van der Waals surface area contributed by atoms with Crippen LogP contribution in [-0.4, -0.2) is 36.7 Å². The molecule has 33 heavy (non-hydrogen) atoms. The zero-order valence-corrected chi connectivity index (χ0v) is 20.9. The van der Waals surface area contributed by atoms with Gasteiger partial charge < -0.3 is 9.47 Å². The number of rotatable bonds is 6. The number of hydrogen-bond donors (Lipinski definition) is 0. The highest BCUT2D eigenvalue weighted by atomic mass is 16.5. The van der Waals surface area contributed by atoms with E-state index in [1.165, 1.54) is 29.2 Å². The van der Waals surface area contributed by atoms with Crippen molar-refractivity contribution in [2.75, 3.05) is 19.7 Å². The van der Waals surface area contributed by atoms with Gasteiger partial charge >= 0.3 is 5.97 Å². The summed E-state index contributed by atoms with van der Waals surface area (Å²) in [6, 6.07) is 13.3. The number of benzene rings is 2. The molecule has 1 saturated heterocycles. The Morgan fingerprint density at radius 1 is 0.939 bits per heavy atom. The van der Waals surface area contributed by atoms with Crippen LogP contribution in [0.5, 0.6) is 5.75 Å². The van der Waals surface area contributed by atoms with E-state index >= 15 is 0 Å². The van der Waals surface area contributed by atoms with Crippen molar-refractivity contribution in [1.29, 1.82) is 0 Å². The van der Waals surface area contributed by atoms with Gasteiger partial charge in [-0.1, -0.05) is 39.0 Å². The molecule has 0 bridgehead atoms. The van der Waals surface area contributed by atoms with Gasteiger partial charge in [-0.2, -0.15) is 0 Å². The van der Waals surface area contributed by atoms with E-state index in [1.807, 2.05) is 6.92 Å². The maximum Gasteiger partial charge on any atom is 0.309 e. The van der Waals surface area contributed by atoms with E-state index in [-0.39, 0.29) is 11.9 Å². The number of esters is 1. The largest absolute Gasteiger partial charge is 0.490 e. The minimum Gasteiger partial charge on any atom is -0.490 e. The van der Waals surface area contributed by atoms with Crippen molar-refractivity contribution < 1.29 is 14.3 Å². The summed E-state index contributed by atoms with van der Waals surface area (Å²) >= 11 is 0. The summed E-state index contributed by atoms with van der Waals surface area (Å²) in [6.07, 6.45) is 6.98. The number of carbonyl (C=O) groups is 1. The van der Waals surface area contributed by atoms with Crippen LogP contribution in [0.3, 0.4) is 0 Å². The van der Waals surface area contributed by atoms with E-state index in [1.54, 1.807) is 0 Å². The van der Waals surface area contributed by atoms with Crippen molar-refractivity contribution in [3.8, 4) is 5.75 Å². The number of nitrogens with zero attached hydrogens (tertiary/aromatic N) is 1. The van der Waals surface area contributed by atoms with Gasteiger partial charge in [-0.3, -0.25) is 9.69 Å². The van der Waals surface area contributed by atoms with Crippen molar-refractivity contribution in [2.45, 2.75) is 78.9 Å². The van der Waals surface area contributed by atoms with Gasteiger partial charge in [0.05, 0.1) is 18.6 Å². The molecule has 0 aromatic heterocycles. The Balaban J connectivity index is 1.31. The molecule has 1 saturated carbocycles. The average Bonchev–Trinajstić information content (AvgIpc) is 2.79. The van der Waals surface area contributed by atoms with Gasteiger partial charge in [-0.15, -0.1) is 0 Å². The minimum atomic E-state index is -0.0249. The first kappa shape index (κ1) is 24.1. The molecule has 0 unspecified atom stereocenters. The summed E-state index contributed by atoms with van der Waals surface area (Å²) < 4.78 is 11.6. The predicted octanol–water partition coefficient (Wildman–Crippen LogP) is 6.60. The molecule has 4 nitrogen and oxygen atoms in total. The van der Waals surface area contributed by atoms with Crippen LogP contribution in [0.4, 0.5) is 0 Å². The monoisotopic (exact) mass is 451 g/mol. The number of carbonyl (C=O) groups excluding carboxylic acids is 1. The molecule has 2 aliphatic rings. The fraction of sp³-hybridized carbons (Fsp3) is 0.621. The van der Waals surface area contributed by atoms with Crippen LogP contribution in [0.25, 0.3) is 10.8 Å². The summed E-state index contributed by atoms with van der Waals surface area (Å²) in [5, 5.41) is 2.50. The third-order valence-corrected chi connectivity index (χ3v) is 7.69. The second-order valence-corrected chi connectivity index (χ2v) is 11.1. The second-order valence-electron chi connectivity index (χ2n) is 11.1. The lowest BCUT2D eigenvalue weighted by atomic mass is 9.72. The standard InChI is InChI=1S/C29H41NO3/c1-5-32-28(31)22-14-16-30(17-15-22)20-21-6-7-24-19-27(11-8-23(24)18-21)33-26-12-9-25(10-13-26)29(2,3)4/h6-8,11,18-19,22,25-26H,5,9-10,12-17,20H2,1-4H3/t25-,26-. The summed E-state index contributed by atoms with van der Waals surface area (Å²) in [7, 11) is 0. The molecule has 2 fully saturated rings. The van der Waals surface area contributed by atoms with Crippen LogP contribution in [-0.2, 0) is 16.1 Å².